The van der Waals surface area contributed by atoms with E-state index in [2.05, 4.69) is 4.98 Å². The molecule has 0 aliphatic carbocycles. The summed E-state index contributed by atoms with van der Waals surface area (Å²) in [5, 5.41) is 9.05. The van der Waals surface area contributed by atoms with Gasteiger partial charge in [-0.2, -0.15) is 0 Å². The van der Waals surface area contributed by atoms with Crippen LogP contribution in [0.5, 0.6) is 11.5 Å². The van der Waals surface area contributed by atoms with Crippen LogP contribution in [0.3, 0.4) is 0 Å². The maximum absolute atomic E-state index is 11.0. The Balaban J connectivity index is 2.55. The second-order valence-corrected chi connectivity index (χ2v) is 4.29. The van der Waals surface area contributed by atoms with E-state index in [0.29, 0.717) is 21.9 Å². The monoisotopic (exact) mass is 265 g/mol. The van der Waals surface area contributed by atoms with Gasteiger partial charge in [-0.3, -0.25) is 0 Å². The Hall–Kier alpha value is -2.08. The normalized spacial score (nSPS) is 10.1. The Morgan fingerprint density at radius 2 is 1.83 bits per heavy atom. The Bertz CT molecular complexity index is 557. The number of methoxy groups -OCH3 is 2. The van der Waals surface area contributed by atoms with Gasteiger partial charge in [0.1, 0.15) is 11.5 Å². The van der Waals surface area contributed by atoms with Crippen LogP contribution in [-0.4, -0.2) is 30.3 Å². The molecule has 0 saturated carbocycles. The van der Waals surface area contributed by atoms with Crippen molar-refractivity contribution < 1.29 is 19.4 Å². The minimum absolute atomic E-state index is 0.0373. The molecule has 0 bridgehead atoms. The number of hydrogen-bond acceptors (Lipinski definition) is 5. The van der Waals surface area contributed by atoms with E-state index in [4.69, 9.17) is 14.6 Å². The van der Waals surface area contributed by atoms with E-state index in [-0.39, 0.29) is 5.69 Å². The summed E-state index contributed by atoms with van der Waals surface area (Å²) in [5.41, 5.74) is 2.26. The van der Waals surface area contributed by atoms with Crippen molar-refractivity contribution in [2.24, 2.45) is 0 Å². The largest absolute Gasteiger partial charge is 0.497 e. The second-order valence-electron chi connectivity index (χ2n) is 3.44. The summed E-state index contributed by atoms with van der Waals surface area (Å²) in [4.78, 5) is 15.5. The number of carboxylic acid groups (broad SMARTS) is 1. The topological polar surface area (TPSA) is 68.7 Å². The smallest absolute Gasteiger partial charge is 0.356 e. The van der Waals surface area contributed by atoms with Crippen molar-refractivity contribution in [2.75, 3.05) is 14.2 Å². The van der Waals surface area contributed by atoms with Gasteiger partial charge < -0.3 is 14.6 Å². The first kappa shape index (κ1) is 12.4. The molecule has 5 nitrogen and oxygen atoms in total. The summed E-state index contributed by atoms with van der Waals surface area (Å²) < 4.78 is 10.3. The molecule has 0 unspecified atom stereocenters. The molecule has 0 aliphatic heterocycles. The zero-order chi connectivity index (χ0) is 13.1. The summed E-state index contributed by atoms with van der Waals surface area (Å²) in [6, 6.07) is 5.23. The average molecular weight is 265 g/mol. The van der Waals surface area contributed by atoms with Crippen LogP contribution >= 0.6 is 11.3 Å². The zero-order valence-corrected chi connectivity index (χ0v) is 10.7. The van der Waals surface area contributed by atoms with Crippen molar-refractivity contribution in [3.8, 4) is 21.9 Å². The number of rotatable bonds is 4. The van der Waals surface area contributed by atoms with Crippen LogP contribution in [0, 0.1) is 0 Å². The molecule has 0 saturated heterocycles. The van der Waals surface area contributed by atoms with Crippen LogP contribution in [0.1, 0.15) is 10.5 Å². The highest BCUT2D eigenvalue weighted by atomic mass is 32.1. The number of nitrogens with zero attached hydrogens (tertiary/aromatic N) is 1. The van der Waals surface area contributed by atoms with Gasteiger partial charge >= 0.3 is 5.97 Å². The molecule has 2 rings (SSSR count). The number of aromatic nitrogens is 1. The molecular formula is C12H11NO4S. The molecule has 1 N–H and O–H groups in total. The highest BCUT2D eigenvalue weighted by Crippen LogP contribution is 2.33. The third kappa shape index (κ3) is 2.28. The maximum Gasteiger partial charge on any atom is 0.356 e. The average Bonchev–Trinajstić information content (AvgIpc) is 2.87. The lowest BCUT2D eigenvalue weighted by atomic mass is 10.1. The standard InChI is InChI=1S/C12H11NO4S/c1-16-8-3-7(4-9(5-8)17-2)11-10(12(14)15)13-6-18-11/h3-6H,1-2H3,(H,14,15). The van der Waals surface area contributed by atoms with Gasteiger partial charge in [-0.05, 0) is 12.1 Å². The first-order chi connectivity index (χ1) is 8.65. The molecule has 0 atom stereocenters. The third-order valence-corrected chi connectivity index (χ3v) is 3.26. The van der Waals surface area contributed by atoms with Gasteiger partial charge in [0.15, 0.2) is 5.69 Å². The molecular weight excluding hydrogens is 254 g/mol. The summed E-state index contributed by atoms with van der Waals surface area (Å²) in [6.45, 7) is 0. The lowest BCUT2D eigenvalue weighted by molar-refractivity contribution is 0.0692. The molecule has 1 aromatic heterocycles. The van der Waals surface area contributed by atoms with Crippen molar-refractivity contribution in [1.29, 1.82) is 0 Å². The number of ether oxygens (including phenoxy) is 2. The van der Waals surface area contributed by atoms with E-state index in [1.54, 1.807) is 32.4 Å². The van der Waals surface area contributed by atoms with E-state index in [1.807, 2.05) is 0 Å². The summed E-state index contributed by atoms with van der Waals surface area (Å²) >= 11 is 1.27. The van der Waals surface area contributed by atoms with Crippen LogP contribution in [-0.2, 0) is 0 Å². The Morgan fingerprint density at radius 3 is 2.33 bits per heavy atom. The molecule has 0 amide bonds. The van der Waals surface area contributed by atoms with Crippen molar-refractivity contribution in [3.05, 3.63) is 29.4 Å². The number of thiazole rings is 1. The lowest BCUT2D eigenvalue weighted by Gasteiger charge is -2.07. The van der Waals surface area contributed by atoms with Crippen molar-refractivity contribution in [2.45, 2.75) is 0 Å². The first-order valence-corrected chi connectivity index (χ1v) is 5.94. The molecule has 1 aromatic carbocycles. The van der Waals surface area contributed by atoms with E-state index in [0.717, 1.165) is 0 Å². The van der Waals surface area contributed by atoms with Crippen LogP contribution in [0.25, 0.3) is 10.4 Å². The quantitative estimate of drug-likeness (QED) is 0.920. The van der Waals surface area contributed by atoms with Crippen molar-refractivity contribution in [3.63, 3.8) is 0 Å². The lowest BCUT2D eigenvalue weighted by Crippen LogP contribution is -1.98. The fraction of sp³-hybridized carbons (Fsp3) is 0.167. The number of hydrogen-bond donors (Lipinski definition) is 1. The highest BCUT2D eigenvalue weighted by Gasteiger charge is 2.16. The van der Waals surface area contributed by atoms with Gasteiger partial charge in [-0.25, -0.2) is 9.78 Å². The predicted octanol–water partition coefficient (Wildman–Crippen LogP) is 2.53. The summed E-state index contributed by atoms with van der Waals surface area (Å²) in [7, 11) is 3.09. The van der Waals surface area contributed by atoms with Gasteiger partial charge in [-0.15, -0.1) is 11.3 Å². The van der Waals surface area contributed by atoms with E-state index < -0.39 is 5.97 Å². The minimum Gasteiger partial charge on any atom is -0.497 e. The van der Waals surface area contributed by atoms with Gasteiger partial charge in [0.05, 0.1) is 24.6 Å². The van der Waals surface area contributed by atoms with Crippen LogP contribution < -0.4 is 9.47 Å². The predicted molar refractivity (Wildman–Crippen MR) is 67.6 cm³/mol. The Kier molecular flexibility index (Phi) is 3.47. The van der Waals surface area contributed by atoms with E-state index in [9.17, 15) is 4.79 Å². The maximum atomic E-state index is 11.0. The molecule has 18 heavy (non-hydrogen) atoms. The third-order valence-electron chi connectivity index (χ3n) is 2.38. The summed E-state index contributed by atoms with van der Waals surface area (Å²) in [5.74, 6) is 0.163. The molecule has 2 aromatic rings. The fourth-order valence-corrected chi connectivity index (χ4v) is 2.31. The SMILES string of the molecule is COc1cc(OC)cc(-c2scnc2C(=O)O)c1. The highest BCUT2D eigenvalue weighted by molar-refractivity contribution is 7.13. The van der Waals surface area contributed by atoms with Gasteiger partial charge in [-0.1, -0.05) is 0 Å². The van der Waals surface area contributed by atoms with Gasteiger partial charge in [0.25, 0.3) is 0 Å². The zero-order valence-electron chi connectivity index (χ0n) is 9.84. The minimum atomic E-state index is -1.05. The molecule has 6 heteroatoms. The van der Waals surface area contributed by atoms with Crippen LogP contribution in [0.15, 0.2) is 23.7 Å². The molecule has 94 valence electrons. The van der Waals surface area contributed by atoms with Gasteiger partial charge in [0, 0.05) is 11.6 Å². The second kappa shape index (κ2) is 5.05. The molecule has 0 radical (unpaired) electrons. The Morgan fingerprint density at radius 1 is 1.22 bits per heavy atom. The molecule has 0 aliphatic rings. The van der Waals surface area contributed by atoms with Crippen LogP contribution in [0.2, 0.25) is 0 Å². The van der Waals surface area contributed by atoms with Crippen LogP contribution in [0.4, 0.5) is 0 Å². The van der Waals surface area contributed by atoms with E-state index >= 15 is 0 Å². The molecule has 0 spiro atoms. The number of carbonyl (C=O) groups is 1. The summed E-state index contributed by atoms with van der Waals surface area (Å²) in [6.07, 6.45) is 0. The fourth-order valence-electron chi connectivity index (χ4n) is 1.54. The number of aromatic carboxylic acids is 1. The van der Waals surface area contributed by atoms with E-state index in [1.165, 1.54) is 16.8 Å². The van der Waals surface area contributed by atoms with Crippen molar-refractivity contribution >= 4 is 17.3 Å². The number of carboxylic acids is 1. The molecule has 0 fully saturated rings. The van der Waals surface area contributed by atoms with Gasteiger partial charge in [0.2, 0.25) is 0 Å². The van der Waals surface area contributed by atoms with Crippen molar-refractivity contribution in [1.82, 2.24) is 4.98 Å². The first-order valence-electron chi connectivity index (χ1n) is 5.06. The number of benzene rings is 1. The molecule has 1 heterocycles. The Labute approximate surface area is 108 Å².